The van der Waals surface area contributed by atoms with Gasteiger partial charge >= 0.3 is 0 Å². The van der Waals surface area contributed by atoms with Crippen LogP contribution in [0.15, 0.2) is 0 Å². The summed E-state index contributed by atoms with van der Waals surface area (Å²) >= 11 is 0. The standard InChI is InChI=1S/C14H22.C2H6/c1-14(2)7-10-6-11(14)13-9-4-3-8(5-9)12(10)13;1-2/h8-13H,3-7H2,1-2H3;1-2H3. The van der Waals surface area contributed by atoms with E-state index < -0.39 is 0 Å². The first-order valence-electron chi connectivity index (χ1n) is 7.67. The molecule has 0 aromatic rings. The van der Waals surface area contributed by atoms with Crippen LogP contribution in [0.3, 0.4) is 0 Å². The lowest BCUT2D eigenvalue weighted by Gasteiger charge is -2.43. The molecule has 6 atom stereocenters. The van der Waals surface area contributed by atoms with Crippen LogP contribution in [-0.2, 0) is 0 Å². The average Bonchev–Trinajstić information content (AvgIpc) is 2.93. The summed E-state index contributed by atoms with van der Waals surface area (Å²) in [5.74, 6) is 6.99. The summed E-state index contributed by atoms with van der Waals surface area (Å²) in [6, 6.07) is 0. The molecule has 0 N–H and O–H groups in total. The highest BCUT2D eigenvalue weighted by Gasteiger charge is 2.64. The van der Waals surface area contributed by atoms with E-state index in [1.54, 1.807) is 32.1 Å². The Labute approximate surface area is 101 Å². The molecule has 0 saturated heterocycles. The van der Waals surface area contributed by atoms with E-state index in [1.807, 2.05) is 13.8 Å². The van der Waals surface area contributed by atoms with E-state index in [1.165, 1.54) is 23.7 Å². The molecule has 16 heavy (non-hydrogen) atoms. The Morgan fingerprint density at radius 1 is 0.812 bits per heavy atom. The van der Waals surface area contributed by atoms with Gasteiger partial charge in [-0.1, -0.05) is 27.7 Å². The van der Waals surface area contributed by atoms with Crippen LogP contribution >= 0.6 is 0 Å². The van der Waals surface area contributed by atoms with Gasteiger partial charge in [0, 0.05) is 0 Å². The second-order valence-electron chi connectivity index (χ2n) is 7.28. The van der Waals surface area contributed by atoms with Crippen LogP contribution < -0.4 is 0 Å². The minimum Gasteiger partial charge on any atom is -0.0683 e. The molecule has 0 radical (unpaired) electrons. The first-order chi connectivity index (χ1) is 7.67. The van der Waals surface area contributed by atoms with Gasteiger partial charge in [-0.05, 0) is 73.0 Å². The summed E-state index contributed by atoms with van der Waals surface area (Å²) in [7, 11) is 0. The Bertz CT molecular complexity index is 278. The molecule has 6 unspecified atom stereocenters. The predicted octanol–water partition coefficient (Wildman–Crippen LogP) is 4.74. The van der Waals surface area contributed by atoms with E-state index >= 15 is 0 Å². The van der Waals surface area contributed by atoms with Crippen LogP contribution in [0.5, 0.6) is 0 Å². The molecule has 4 aliphatic rings. The van der Waals surface area contributed by atoms with Crippen molar-refractivity contribution < 1.29 is 0 Å². The summed E-state index contributed by atoms with van der Waals surface area (Å²) in [4.78, 5) is 0. The van der Waals surface area contributed by atoms with Crippen molar-refractivity contribution in [3.63, 3.8) is 0 Å². The minimum absolute atomic E-state index is 0.705. The van der Waals surface area contributed by atoms with Crippen molar-refractivity contribution in [2.24, 2.45) is 40.9 Å². The van der Waals surface area contributed by atoms with Gasteiger partial charge in [0.1, 0.15) is 0 Å². The quantitative estimate of drug-likeness (QED) is 0.517. The van der Waals surface area contributed by atoms with Crippen LogP contribution in [-0.4, -0.2) is 0 Å². The van der Waals surface area contributed by atoms with Crippen molar-refractivity contribution in [3.8, 4) is 0 Å². The second kappa shape index (κ2) is 3.50. The van der Waals surface area contributed by atoms with Crippen molar-refractivity contribution in [1.29, 1.82) is 0 Å². The lowest BCUT2D eigenvalue weighted by atomic mass is 9.62. The molecule has 0 amide bonds. The van der Waals surface area contributed by atoms with Crippen LogP contribution in [0.25, 0.3) is 0 Å². The molecule has 0 nitrogen and oxygen atoms in total. The van der Waals surface area contributed by atoms with Crippen molar-refractivity contribution in [1.82, 2.24) is 0 Å². The fraction of sp³-hybridized carbons (Fsp3) is 1.00. The third-order valence-electron chi connectivity index (χ3n) is 6.40. The number of rotatable bonds is 0. The highest BCUT2D eigenvalue weighted by Crippen LogP contribution is 2.71. The molecule has 4 fully saturated rings. The van der Waals surface area contributed by atoms with Gasteiger partial charge < -0.3 is 0 Å². The Morgan fingerprint density at radius 2 is 1.44 bits per heavy atom. The SMILES string of the molecule is CC.CC1(C)CC2CC1C1C3CCC(C3)C21. The van der Waals surface area contributed by atoms with Crippen LogP contribution in [0.4, 0.5) is 0 Å². The van der Waals surface area contributed by atoms with Gasteiger partial charge in [-0.2, -0.15) is 0 Å². The number of fused-ring (bicyclic) bond motifs is 9. The van der Waals surface area contributed by atoms with Gasteiger partial charge in [-0.3, -0.25) is 0 Å². The molecule has 0 heterocycles. The first kappa shape index (κ1) is 11.1. The molecule has 0 aliphatic heterocycles. The van der Waals surface area contributed by atoms with Crippen LogP contribution in [0.2, 0.25) is 0 Å². The smallest absolute Gasteiger partial charge is 0.0318 e. The van der Waals surface area contributed by atoms with Gasteiger partial charge in [0.25, 0.3) is 0 Å². The fourth-order valence-electron chi connectivity index (χ4n) is 6.20. The first-order valence-corrected chi connectivity index (χ1v) is 7.67. The number of hydrogen-bond donors (Lipinski definition) is 0. The molecule has 4 rings (SSSR count). The largest absolute Gasteiger partial charge is 0.0683 e. The Balaban J connectivity index is 0.000000386. The summed E-state index contributed by atoms with van der Waals surface area (Å²) < 4.78 is 0. The molecule has 92 valence electrons. The van der Waals surface area contributed by atoms with Crippen LogP contribution in [0, 0.1) is 40.9 Å². The van der Waals surface area contributed by atoms with Crippen molar-refractivity contribution in [2.75, 3.05) is 0 Å². The summed E-state index contributed by atoms with van der Waals surface area (Å²) in [6.07, 6.45) is 7.97. The highest BCUT2D eigenvalue weighted by atomic mass is 14.7. The Hall–Kier alpha value is 0. The monoisotopic (exact) mass is 220 g/mol. The molecule has 4 bridgehead atoms. The van der Waals surface area contributed by atoms with Crippen LogP contribution in [0.1, 0.15) is 59.8 Å². The van der Waals surface area contributed by atoms with E-state index in [0.29, 0.717) is 5.41 Å². The molecule has 0 aromatic heterocycles. The maximum Gasteiger partial charge on any atom is -0.0318 e. The van der Waals surface area contributed by atoms with E-state index in [4.69, 9.17) is 0 Å². The van der Waals surface area contributed by atoms with Crippen molar-refractivity contribution in [2.45, 2.75) is 59.8 Å². The molecular formula is C16H28. The highest BCUT2D eigenvalue weighted by molar-refractivity contribution is 5.12. The van der Waals surface area contributed by atoms with Crippen molar-refractivity contribution >= 4 is 0 Å². The average molecular weight is 220 g/mol. The molecule has 0 spiro atoms. The zero-order chi connectivity index (χ0) is 11.5. The van der Waals surface area contributed by atoms with Gasteiger partial charge in [-0.15, -0.1) is 0 Å². The Morgan fingerprint density at radius 3 is 2.12 bits per heavy atom. The molecule has 0 heteroatoms. The van der Waals surface area contributed by atoms with Gasteiger partial charge in [0.15, 0.2) is 0 Å². The topological polar surface area (TPSA) is 0 Å². The van der Waals surface area contributed by atoms with E-state index in [-0.39, 0.29) is 0 Å². The Kier molecular flexibility index (Phi) is 2.43. The summed E-state index contributed by atoms with van der Waals surface area (Å²) in [5, 5.41) is 0. The van der Waals surface area contributed by atoms with Gasteiger partial charge in [-0.25, -0.2) is 0 Å². The summed E-state index contributed by atoms with van der Waals surface area (Å²) in [6.45, 7) is 9.08. The minimum atomic E-state index is 0.705. The zero-order valence-corrected chi connectivity index (χ0v) is 11.5. The molecule has 4 aliphatic carbocycles. The van der Waals surface area contributed by atoms with Gasteiger partial charge in [0.05, 0.1) is 0 Å². The van der Waals surface area contributed by atoms with E-state index in [0.717, 1.165) is 11.8 Å². The zero-order valence-electron chi connectivity index (χ0n) is 11.5. The van der Waals surface area contributed by atoms with Crippen molar-refractivity contribution in [3.05, 3.63) is 0 Å². The van der Waals surface area contributed by atoms with Gasteiger partial charge in [0.2, 0.25) is 0 Å². The molecule has 4 saturated carbocycles. The third kappa shape index (κ3) is 1.22. The number of hydrogen-bond acceptors (Lipinski definition) is 0. The normalized spacial score (nSPS) is 54.8. The summed E-state index contributed by atoms with van der Waals surface area (Å²) in [5.41, 5.74) is 0.705. The van der Waals surface area contributed by atoms with E-state index in [2.05, 4.69) is 13.8 Å². The predicted molar refractivity (Wildman–Crippen MR) is 69.2 cm³/mol. The lowest BCUT2D eigenvalue weighted by molar-refractivity contribution is 0.0583. The van der Waals surface area contributed by atoms with E-state index in [9.17, 15) is 0 Å². The maximum absolute atomic E-state index is 2.54. The molecular weight excluding hydrogens is 192 g/mol. The fourth-order valence-corrected chi connectivity index (χ4v) is 6.20. The molecule has 0 aromatic carbocycles. The third-order valence-corrected chi connectivity index (χ3v) is 6.40. The second-order valence-corrected chi connectivity index (χ2v) is 7.28. The lowest BCUT2D eigenvalue weighted by Crippen LogP contribution is -2.36. The maximum atomic E-state index is 2.54.